The molecule has 1 heterocycles. The minimum atomic E-state index is -6.18. The average molecular weight is 389 g/mol. The second kappa shape index (κ2) is 6.13. The SMILES string of the molecule is O=[N+]([O-])c1ccc2c(c1)C(OS(=O)(=O)C(F)(F)F)=CC(CF)(CF)O2. The number of rotatable bonds is 5. The predicted octanol–water partition coefficient (Wildman–Crippen LogP) is 2.87. The van der Waals surface area contributed by atoms with Crippen molar-refractivity contribution in [3.63, 3.8) is 0 Å². The third-order valence-corrected chi connectivity index (χ3v) is 4.05. The lowest BCUT2D eigenvalue weighted by molar-refractivity contribution is -0.384. The molecule has 0 N–H and O–H groups in total. The maximum absolute atomic E-state index is 13.1. The third kappa shape index (κ3) is 3.50. The van der Waals surface area contributed by atoms with Crippen LogP contribution in [0, 0.1) is 10.1 Å². The number of nitro groups is 1. The molecule has 0 fully saturated rings. The number of hydrogen-bond acceptors (Lipinski definition) is 6. The van der Waals surface area contributed by atoms with Crippen molar-refractivity contribution in [1.82, 2.24) is 0 Å². The van der Waals surface area contributed by atoms with Crippen LogP contribution in [0.15, 0.2) is 24.3 Å². The van der Waals surface area contributed by atoms with Crippen molar-refractivity contribution in [3.05, 3.63) is 40.0 Å². The zero-order valence-electron chi connectivity index (χ0n) is 11.9. The Morgan fingerprint density at radius 1 is 1.24 bits per heavy atom. The van der Waals surface area contributed by atoms with E-state index in [1.54, 1.807) is 0 Å². The molecule has 7 nitrogen and oxygen atoms in total. The molecule has 138 valence electrons. The number of non-ortho nitro benzene ring substituents is 1. The molecule has 0 bridgehead atoms. The zero-order valence-corrected chi connectivity index (χ0v) is 12.7. The third-order valence-electron chi connectivity index (χ3n) is 3.08. The Morgan fingerprint density at radius 3 is 2.32 bits per heavy atom. The van der Waals surface area contributed by atoms with Gasteiger partial charge in [0.2, 0.25) is 0 Å². The van der Waals surface area contributed by atoms with Crippen LogP contribution < -0.4 is 4.74 Å². The molecule has 1 aliphatic rings. The fraction of sp³-hybridized carbons (Fsp3) is 0.333. The number of ether oxygens (including phenoxy) is 1. The van der Waals surface area contributed by atoms with Crippen LogP contribution in [-0.4, -0.2) is 37.8 Å². The van der Waals surface area contributed by atoms with E-state index >= 15 is 0 Å². The minimum Gasteiger partial charge on any atom is -0.477 e. The molecule has 0 aliphatic carbocycles. The number of benzene rings is 1. The summed E-state index contributed by atoms with van der Waals surface area (Å²) in [5.74, 6) is -1.60. The van der Waals surface area contributed by atoms with Crippen molar-refractivity contribution in [2.75, 3.05) is 13.3 Å². The summed E-state index contributed by atoms with van der Waals surface area (Å²) in [7, 11) is -6.18. The van der Waals surface area contributed by atoms with Gasteiger partial charge < -0.3 is 8.92 Å². The van der Waals surface area contributed by atoms with Crippen LogP contribution in [-0.2, 0) is 14.3 Å². The van der Waals surface area contributed by atoms with Crippen LogP contribution in [0.5, 0.6) is 5.75 Å². The number of nitrogens with zero attached hydrogens (tertiary/aromatic N) is 1. The molecule has 1 aromatic carbocycles. The Labute approximate surface area is 136 Å². The van der Waals surface area contributed by atoms with E-state index in [-0.39, 0.29) is 0 Å². The highest BCUT2D eigenvalue weighted by atomic mass is 32.2. The summed E-state index contributed by atoms with van der Waals surface area (Å²) in [6.07, 6.45) is 0.363. The largest absolute Gasteiger partial charge is 0.534 e. The van der Waals surface area contributed by atoms with E-state index < -0.39 is 62.3 Å². The Balaban J connectivity index is 2.63. The second-order valence-electron chi connectivity index (χ2n) is 4.86. The lowest BCUT2D eigenvalue weighted by atomic mass is 9.99. The Morgan fingerprint density at radius 2 is 1.84 bits per heavy atom. The summed E-state index contributed by atoms with van der Waals surface area (Å²) < 4.78 is 95.0. The molecule has 0 aromatic heterocycles. The van der Waals surface area contributed by atoms with Gasteiger partial charge in [-0.2, -0.15) is 21.6 Å². The minimum absolute atomic E-state index is 0.363. The molecular formula is C12H8F5NO6S. The summed E-state index contributed by atoms with van der Waals surface area (Å²) in [6.45, 7) is -3.11. The molecule has 0 atom stereocenters. The number of nitro benzene ring substituents is 1. The van der Waals surface area contributed by atoms with Gasteiger partial charge in [-0.3, -0.25) is 10.1 Å². The fourth-order valence-electron chi connectivity index (χ4n) is 1.88. The normalized spacial score (nSPS) is 16.4. The van der Waals surface area contributed by atoms with Crippen LogP contribution in [0.25, 0.3) is 5.76 Å². The van der Waals surface area contributed by atoms with Crippen molar-refractivity contribution in [2.24, 2.45) is 0 Å². The molecule has 13 heteroatoms. The van der Waals surface area contributed by atoms with Gasteiger partial charge in [-0.15, -0.1) is 0 Å². The quantitative estimate of drug-likeness (QED) is 0.253. The molecule has 0 spiro atoms. The van der Waals surface area contributed by atoms with Gasteiger partial charge in [0.15, 0.2) is 11.4 Å². The fourth-order valence-corrected chi connectivity index (χ4v) is 2.35. The van der Waals surface area contributed by atoms with Gasteiger partial charge >= 0.3 is 15.6 Å². The van der Waals surface area contributed by atoms with Gasteiger partial charge in [0, 0.05) is 18.2 Å². The van der Waals surface area contributed by atoms with E-state index in [2.05, 4.69) is 4.18 Å². The number of fused-ring (bicyclic) bond motifs is 1. The lowest BCUT2D eigenvalue weighted by Gasteiger charge is -2.32. The predicted molar refractivity (Wildman–Crippen MR) is 72.4 cm³/mol. The van der Waals surface area contributed by atoms with Gasteiger partial charge in [-0.1, -0.05) is 0 Å². The topological polar surface area (TPSA) is 95.7 Å². The summed E-state index contributed by atoms with van der Waals surface area (Å²) in [5.41, 5.74) is -9.44. The molecular weight excluding hydrogens is 381 g/mol. The first kappa shape index (κ1) is 18.9. The Kier molecular flexibility index (Phi) is 4.63. The lowest BCUT2D eigenvalue weighted by Crippen LogP contribution is -2.41. The number of hydrogen-bond donors (Lipinski definition) is 0. The second-order valence-corrected chi connectivity index (χ2v) is 6.40. The van der Waals surface area contributed by atoms with Crippen LogP contribution in [0.1, 0.15) is 5.56 Å². The Hall–Kier alpha value is -2.44. The first-order valence-electron chi connectivity index (χ1n) is 6.28. The molecule has 0 unspecified atom stereocenters. The molecule has 25 heavy (non-hydrogen) atoms. The number of alkyl halides is 5. The van der Waals surface area contributed by atoms with Crippen LogP contribution in [0.2, 0.25) is 0 Å². The van der Waals surface area contributed by atoms with Crippen molar-refractivity contribution >= 4 is 21.6 Å². The van der Waals surface area contributed by atoms with Crippen molar-refractivity contribution in [3.8, 4) is 5.75 Å². The maximum atomic E-state index is 13.1. The smallest absolute Gasteiger partial charge is 0.477 e. The van der Waals surface area contributed by atoms with E-state index in [0.717, 1.165) is 12.1 Å². The molecule has 2 rings (SSSR count). The van der Waals surface area contributed by atoms with Crippen molar-refractivity contribution in [1.29, 1.82) is 0 Å². The van der Waals surface area contributed by atoms with Gasteiger partial charge in [0.25, 0.3) is 5.69 Å². The first-order chi connectivity index (χ1) is 11.4. The monoisotopic (exact) mass is 389 g/mol. The standard InChI is InChI=1S/C12H8F5NO6S/c13-5-11(6-14)4-10(24-25(21,22)12(15,16)17)8-3-7(18(19)20)1-2-9(8)23-11/h1-4H,5-6H2. The van der Waals surface area contributed by atoms with E-state index in [4.69, 9.17) is 4.74 Å². The molecule has 1 aromatic rings. The van der Waals surface area contributed by atoms with Crippen LogP contribution >= 0.6 is 0 Å². The summed E-state index contributed by atoms with van der Waals surface area (Å²) in [6, 6.07) is 2.39. The van der Waals surface area contributed by atoms with Gasteiger partial charge in [0.1, 0.15) is 19.1 Å². The summed E-state index contributed by atoms with van der Waals surface area (Å²) in [5, 5.41) is 10.8. The average Bonchev–Trinajstić information content (AvgIpc) is 2.52. The van der Waals surface area contributed by atoms with Gasteiger partial charge in [-0.25, -0.2) is 8.78 Å². The van der Waals surface area contributed by atoms with Gasteiger partial charge in [-0.05, 0) is 6.07 Å². The van der Waals surface area contributed by atoms with E-state index in [0.29, 0.717) is 12.1 Å². The molecule has 0 saturated carbocycles. The number of halogens is 5. The molecule has 0 radical (unpaired) electrons. The van der Waals surface area contributed by atoms with Crippen LogP contribution in [0.3, 0.4) is 0 Å². The molecule has 1 aliphatic heterocycles. The van der Waals surface area contributed by atoms with E-state index in [1.807, 2.05) is 0 Å². The maximum Gasteiger partial charge on any atom is 0.534 e. The molecule has 0 saturated heterocycles. The Bertz CT molecular complexity index is 831. The first-order valence-corrected chi connectivity index (χ1v) is 7.69. The van der Waals surface area contributed by atoms with E-state index in [9.17, 15) is 40.5 Å². The highest BCUT2D eigenvalue weighted by molar-refractivity contribution is 7.87. The highest BCUT2D eigenvalue weighted by Gasteiger charge is 2.50. The van der Waals surface area contributed by atoms with Crippen molar-refractivity contribution < 1.29 is 44.2 Å². The summed E-state index contributed by atoms with van der Waals surface area (Å²) >= 11 is 0. The highest BCUT2D eigenvalue weighted by Crippen LogP contribution is 2.41. The summed E-state index contributed by atoms with van der Waals surface area (Å²) in [4.78, 5) is 9.85. The van der Waals surface area contributed by atoms with Gasteiger partial charge in [0.05, 0.1) is 10.5 Å². The van der Waals surface area contributed by atoms with Crippen LogP contribution in [0.4, 0.5) is 27.6 Å². The van der Waals surface area contributed by atoms with Crippen molar-refractivity contribution in [2.45, 2.75) is 11.1 Å². The molecule has 0 amide bonds. The van der Waals surface area contributed by atoms with E-state index in [1.165, 1.54) is 0 Å². The zero-order chi connectivity index (χ0) is 19.0.